The van der Waals surface area contributed by atoms with Gasteiger partial charge in [0.25, 0.3) is 0 Å². The summed E-state index contributed by atoms with van der Waals surface area (Å²) in [5.41, 5.74) is 1.82. The van der Waals surface area contributed by atoms with Gasteiger partial charge in [0.1, 0.15) is 0 Å². The maximum absolute atomic E-state index is 12.7. The largest absolute Gasteiger partial charge is 0.481 e. The third kappa shape index (κ3) is 2.84. The van der Waals surface area contributed by atoms with Gasteiger partial charge in [-0.1, -0.05) is 12.2 Å². The molecule has 0 amide bonds. The lowest BCUT2D eigenvalue weighted by molar-refractivity contribution is -0.138. The van der Waals surface area contributed by atoms with Gasteiger partial charge in [-0.25, -0.2) is 8.42 Å². The van der Waals surface area contributed by atoms with E-state index in [-0.39, 0.29) is 10.6 Å². The second-order valence-corrected chi connectivity index (χ2v) is 8.02. The molecule has 25 heavy (non-hydrogen) atoms. The summed E-state index contributed by atoms with van der Waals surface area (Å²) in [6, 6.07) is 5.20. The van der Waals surface area contributed by atoms with Crippen LogP contribution in [0.1, 0.15) is 18.0 Å². The monoisotopic (exact) mass is 360 g/mol. The first kappa shape index (κ1) is 17.3. The fourth-order valence-corrected chi connectivity index (χ4v) is 4.70. The third-order valence-electron chi connectivity index (χ3n) is 4.46. The highest BCUT2D eigenvalue weighted by atomic mass is 32.2. The van der Waals surface area contributed by atoms with E-state index in [0.717, 1.165) is 5.69 Å². The highest BCUT2D eigenvalue weighted by molar-refractivity contribution is 7.91. The van der Waals surface area contributed by atoms with Crippen LogP contribution in [-0.4, -0.2) is 34.4 Å². The maximum atomic E-state index is 12.7. The number of sulfone groups is 1. The quantitative estimate of drug-likeness (QED) is 0.770. The molecule has 2 aromatic rings. The molecule has 3 heterocycles. The van der Waals surface area contributed by atoms with Gasteiger partial charge in [-0.15, -0.1) is 13.2 Å². The van der Waals surface area contributed by atoms with E-state index < -0.39 is 21.7 Å². The van der Waals surface area contributed by atoms with Crippen LogP contribution < -0.4 is 0 Å². The second kappa shape index (κ2) is 6.40. The van der Waals surface area contributed by atoms with Gasteiger partial charge < -0.3 is 14.2 Å². The lowest BCUT2D eigenvalue weighted by atomic mass is 10.1. The van der Waals surface area contributed by atoms with Crippen molar-refractivity contribution in [3.8, 4) is 11.4 Å². The van der Waals surface area contributed by atoms with Gasteiger partial charge in [0.2, 0.25) is 0 Å². The molecule has 0 bridgehead atoms. The number of hydrogen-bond acceptors (Lipinski definition) is 3. The summed E-state index contributed by atoms with van der Waals surface area (Å²) in [5, 5.41) is 9.44. The number of allylic oxidation sites excluding steroid dienone is 1. The van der Waals surface area contributed by atoms with Crippen molar-refractivity contribution in [1.82, 2.24) is 9.13 Å². The molecule has 1 unspecified atom stereocenters. The minimum absolute atomic E-state index is 0.164. The minimum Gasteiger partial charge on any atom is -0.481 e. The number of hydrogen-bond donors (Lipinski definition) is 1. The second-order valence-electron chi connectivity index (χ2n) is 6.02. The lowest BCUT2D eigenvalue weighted by Crippen LogP contribution is -2.09. The summed E-state index contributed by atoms with van der Waals surface area (Å²) in [4.78, 5) is 11.7. The summed E-state index contributed by atoms with van der Waals surface area (Å²) in [6.45, 7) is 8.26. The number of rotatable bonds is 7. The number of carboxylic acid groups (broad SMARTS) is 1. The fraction of sp³-hybridized carbons (Fsp3) is 0.278. The zero-order chi connectivity index (χ0) is 18.2. The molecular weight excluding hydrogens is 340 g/mol. The van der Waals surface area contributed by atoms with Gasteiger partial charge in [0.05, 0.1) is 28.0 Å². The molecule has 132 valence electrons. The summed E-state index contributed by atoms with van der Waals surface area (Å²) < 4.78 is 29.2. The van der Waals surface area contributed by atoms with Crippen molar-refractivity contribution in [1.29, 1.82) is 0 Å². The van der Waals surface area contributed by atoms with Crippen molar-refractivity contribution in [3.63, 3.8) is 0 Å². The van der Waals surface area contributed by atoms with Gasteiger partial charge in [0, 0.05) is 25.0 Å². The van der Waals surface area contributed by atoms with Crippen molar-refractivity contribution < 1.29 is 18.3 Å². The summed E-state index contributed by atoms with van der Waals surface area (Å²) in [6.07, 6.45) is 5.39. The van der Waals surface area contributed by atoms with E-state index in [4.69, 9.17) is 0 Å². The van der Waals surface area contributed by atoms with Gasteiger partial charge in [-0.2, -0.15) is 0 Å². The highest BCUT2D eigenvalue weighted by Crippen LogP contribution is 2.40. The highest BCUT2D eigenvalue weighted by Gasteiger charge is 2.36. The molecule has 0 saturated carbocycles. The number of nitrogens with zero attached hydrogens (tertiary/aromatic N) is 2. The van der Waals surface area contributed by atoms with Gasteiger partial charge in [0.15, 0.2) is 9.84 Å². The molecule has 1 atom stereocenters. The van der Waals surface area contributed by atoms with E-state index >= 15 is 0 Å². The van der Waals surface area contributed by atoms with E-state index in [0.29, 0.717) is 30.9 Å². The molecule has 0 saturated heterocycles. The number of aliphatic carboxylic acids is 1. The number of carboxylic acids is 1. The normalized spacial score (nSPS) is 16.6. The zero-order valence-electron chi connectivity index (χ0n) is 13.8. The molecular formula is C18H20N2O4S. The van der Waals surface area contributed by atoms with Gasteiger partial charge in [-0.05, 0) is 24.6 Å². The van der Waals surface area contributed by atoms with E-state index in [9.17, 15) is 18.3 Å². The lowest BCUT2D eigenvalue weighted by Gasteiger charge is -2.12. The minimum atomic E-state index is -3.60. The molecule has 0 spiro atoms. The van der Waals surface area contributed by atoms with Crippen LogP contribution in [0.3, 0.4) is 0 Å². The Morgan fingerprint density at radius 2 is 2.12 bits per heavy atom. The van der Waals surface area contributed by atoms with Gasteiger partial charge in [-0.3, -0.25) is 4.79 Å². The van der Waals surface area contributed by atoms with E-state index in [2.05, 4.69) is 13.2 Å². The Labute approximate surface area is 146 Å². The van der Waals surface area contributed by atoms with Crippen molar-refractivity contribution >= 4 is 15.8 Å². The van der Waals surface area contributed by atoms with Crippen LogP contribution in [0.4, 0.5) is 0 Å². The third-order valence-corrected chi connectivity index (χ3v) is 6.12. The van der Waals surface area contributed by atoms with E-state index in [1.165, 1.54) is 12.1 Å². The van der Waals surface area contributed by atoms with Crippen LogP contribution in [0.2, 0.25) is 0 Å². The van der Waals surface area contributed by atoms with Crippen LogP contribution in [0.25, 0.3) is 11.4 Å². The van der Waals surface area contributed by atoms with Crippen LogP contribution in [-0.2, 0) is 27.7 Å². The molecule has 1 N–H and O–H groups in total. The summed E-state index contributed by atoms with van der Waals surface area (Å²) in [7, 11) is -3.60. The van der Waals surface area contributed by atoms with Crippen LogP contribution in [0, 0.1) is 0 Å². The Kier molecular flexibility index (Phi) is 4.43. The average Bonchev–Trinajstić information content (AvgIpc) is 3.21. The molecule has 6 nitrogen and oxygen atoms in total. The maximum Gasteiger partial charge on any atom is 0.312 e. The average molecular weight is 360 g/mol. The first-order valence-electron chi connectivity index (χ1n) is 7.97. The Morgan fingerprint density at radius 3 is 2.76 bits per heavy atom. The topological polar surface area (TPSA) is 81.3 Å². The molecule has 2 aromatic heterocycles. The molecule has 1 aliphatic rings. The van der Waals surface area contributed by atoms with Crippen LogP contribution in [0.15, 0.2) is 54.6 Å². The number of fused-ring (bicyclic) bond motifs is 1. The van der Waals surface area contributed by atoms with Gasteiger partial charge >= 0.3 is 5.97 Å². The molecule has 7 heteroatoms. The molecule has 0 fully saturated rings. The smallest absolute Gasteiger partial charge is 0.312 e. The Balaban J connectivity index is 2.27. The fourth-order valence-electron chi connectivity index (χ4n) is 3.40. The number of carbonyl (C=O) groups is 1. The molecule has 3 rings (SSSR count). The number of aromatic nitrogens is 2. The predicted octanol–water partition coefficient (Wildman–Crippen LogP) is 2.67. The zero-order valence-corrected chi connectivity index (χ0v) is 14.6. The first-order chi connectivity index (χ1) is 11.9. The molecule has 0 aliphatic carbocycles. The van der Waals surface area contributed by atoms with Crippen molar-refractivity contribution in [2.24, 2.45) is 0 Å². The van der Waals surface area contributed by atoms with Crippen molar-refractivity contribution in [2.75, 3.05) is 5.75 Å². The Morgan fingerprint density at radius 1 is 1.36 bits per heavy atom. The summed E-state index contributed by atoms with van der Waals surface area (Å²) >= 11 is 0. The Bertz CT molecular complexity index is 950. The molecule has 0 aromatic carbocycles. The first-order valence-corrected chi connectivity index (χ1v) is 9.62. The van der Waals surface area contributed by atoms with Crippen LogP contribution >= 0.6 is 0 Å². The predicted molar refractivity (Wildman–Crippen MR) is 95.3 cm³/mol. The van der Waals surface area contributed by atoms with Crippen molar-refractivity contribution in [2.45, 2.75) is 30.3 Å². The van der Waals surface area contributed by atoms with Crippen LogP contribution in [0.5, 0.6) is 0 Å². The van der Waals surface area contributed by atoms with E-state index in [1.807, 2.05) is 27.5 Å². The molecule has 1 aliphatic heterocycles. The van der Waals surface area contributed by atoms with Crippen molar-refractivity contribution in [3.05, 3.63) is 55.4 Å². The molecule has 0 radical (unpaired) electrons. The standard InChI is InChI=1S/C18H20N2O4S/c1-3-8-19-9-5-6-14(19)17-16(25(23,24)11-4-2)12-15-13(18(21)22)7-10-20(15)17/h3-6,9,12-13H,1-2,7-8,10-11H2,(H,21,22). The Hall–Kier alpha value is -2.54. The SMILES string of the molecule is C=CCn1cccc1-c1c(S(=O)(=O)CC=C)cc2n1CCC2C(=O)O. The summed E-state index contributed by atoms with van der Waals surface area (Å²) in [5.74, 6) is -1.81. The van der Waals surface area contributed by atoms with E-state index in [1.54, 1.807) is 6.08 Å².